The van der Waals surface area contributed by atoms with E-state index in [1.165, 1.54) is 6.20 Å². The molecule has 2 heterocycles. The van der Waals surface area contributed by atoms with Gasteiger partial charge >= 0.3 is 5.97 Å². The minimum atomic E-state index is -1.03. The Kier molecular flexibility index (Phi) is 5.23. The highest BCUT2D eigenvalue weighted by molar-refractivity contribution is 5.92. The van der Waals surface area contributed by atoms with Gasteiger partial charge in [-0.25, -0.2) is 4.68 Å². The predicted octanol–water partition coefficient (Wildman–Crippen LogP) is -1.50. The molecule has 0 bridgehead atoms. The summed E-state index contributed by atoms with van der Waals surface area (Å²) in [4.78, 5) is 26.7. The molecule has 0 radical (unpaired) electrons. The summed E-state index contributed by atoms with van der Waals surface area (Å²) in [5.41, 5.74) is 0.159. The van der Waals surface area contributed by atoms with Crippen LogP contribution in [0.5, 0.6) is 0 Å². The maximum Gasteiger partial charge on any atom is 0.325 e. The van der Waals surface area contributed by atoms with Crippen molar-refractivity contribution in [2.24, 2.45) is 0 Å². The second kappa shape index (κ2) is 7.14. The normalized spacial score (nSPS) is 16.7. The molecule has 9 nitrogen and oxygen atoms in total. The number of aliphatic hydroxyl groups is 1. The fourth-order valence-corrected chi connectivity index (χ4v) is 2.31. The Morgan fingerprint density at radius 3 is 2.76 bits per heavy atom. The molecule has 0 saturated carbocycles. The van der Waals surface area contributed by atoms with E-state index in [1.54, 1.807) is 4.90 Å². The smallest absolute Gasteiger partial charge is 0.325 e. The SMILES string of the molecule is O=C(O)Cn1cc(C(=O)N2CCCN(CCO)CC2)nn1. The van der Waals surface area contributed by atoms with E-state index in [0.29, 0.717) is 26.2 Å². The topological polar surface area (TPSA) is 112 Å². The van der Waals surface area contributed by atoms with Crippen LogP contribution in [0.1, 0.15) is 16.9 Å². The van der Waals surface area contributed by atoms with Crippen LogP contribution < -0.4 is 0 Å². The highest BCUT2D eigenvalue weighted by Gasteiger charge is 2.22. The molecular formula is C12H19N5O4. The lowest BCUT2D eigenvalue weighted by Crippen LogP contribution is -2.36. The van der Waals surface area contributed by atoms with Gasteiger partial charge < -0.3 is 15.1 Å². The van der Waals surface area contributed by atoms with Gasteiger partial charge in [-0.05, 0) is 13.0 Å². The second-order valence-electron chi connectivity index (χ2n) is 4.91. The van der Waals surface area contributed by atoms with Gasteiger partial charge in [0.05, 0.1) is 12.8 Å². The number of aromatic nitrogens is 3. The molecule has 9 heteroatoms. The van der Waals surface area contributed by atoms with Crippen LogP contribution in [0.2, 0.25) is 0 Å². The molecule has 0 spiro atoms. The van der Waals surface area contributed by atoms with E-state index in [1.807, 2.05) is 0 Å². The summed E-state index contributed by atoms with van der Waals surface area (Å²) >= 11 is 0. The number of carboxylic acid groups (broad SMARTS) is 1. The van der Waals surface area contributed by atoms with Crippen molar-refractivity contribution in [3.8, 4) is 0 Å². The monoisotopic (exact) mass is 297 g/mol. The first-order valence-electron chi connectivity index (χ1n) is 6.84. The summed E-state index contributed by atoms with van der Waals surface area (Å²) in [6.07, 6.45) is 2.18. The third-order valence-electron chi connectivity index (χ3n) is 3.35. The molecule has 0 unspecified atom stereocenters. The van der Waals surface area contributed by atoms with Crippen LogP contribution in [-0.2, 0) is 11.3 Å². The highest BCUT2D eigenvalue weighted by Crippen LogP contribution is 2.07. The number of rotatable bonds is 5. The molecule has 1 aromatic heterocycles. The van der Waals surface area contributed by atoms with Crippen molar-refractivity contribution >= 4 is 11.9 Å². The van der Waals surface area contributed by atoms with E-state index in [9.17, 15) is 9.59 Å². The van der Waals surface area contributed by atoms with Gasteiger partial charge in [0.15, 0.2) is 5.69 Å². The lowest BCUT2D eigenvalue weighted by atomic mass is 10.3. The van der Waals surface area contributed by atoms with E-state index >= 15 is 0 Å². The van der Waals surface area contributed by atoms with Crippen molar-refractivity contribution in [1.29, 1.82) is 0 Å². The summed E-state index contributed by atoms with van der Waals surface area (Å²) in [7, 11) is 0. The highest BCUT2D eigenvalue weighted by atomic mass is 16.4. The lowest BCUT2D eigenvalue weighted by molar-refractivity contribution is -0.137. The van der Waals surface area contributed by atoms with E-state index in [0.717, 1.165) is 17.6 Å². The minimum absolute atomic E-state index is 0.109. The number of carbonyl (C=O) groups excluding carboxylic acids is 1. The van der Waals surface area contributed by atoms with Gasteiger partial charge in [0.25, 0.3) is 5.91 Å². The molecule has 1 fully saturated rings. The van der Waals surface area contributed by atoms with Crippen LogP contribution in [0.3, 0.4) is 0 Å². The van der Waals surface area contributed by atoms with Crippen molar-refractivity contribution < 1.29 is 19.8 Å². The van der Waals surface area contributed by atoms with Crippen molar-refractivity contribution in [1.82, 2.24) is 24.8 Å². The van der Waals surface area contributed by atoms with Gasteiger partial charge in [-0.3, -0.25) is 14.5 Å². The Balaban J connectivity index is 1.96. The van der Waals surface area contributed by atoms with E-state index in [4.69, 9.17) is 10.2 Å². The molecule has 1 saturated heterocycles. The van der Waals surface area contributed by atoms with Crippen molar-refractivity contribution in [3.63, 3.8) is 0 Å². The van der Waals surface area contributed by atoms with Crippen LogP contribution in [-0.4, -0.2) is 86.2 Å². The van der Waals surface area contributed by atoms with E-state index in [2.05, 4.69) is 15.2 Å². The molecule has 0 atom stereocenters. The van der Waals surface area contributed by atoms with Gasteiger partial charge in [0, 0.05) is 26.2 Å². The quantitative estimate of drug-likeness (QED) is 0.680. The molecule has 1 aliphatic rings. The first-order chi connectivity index (χ1) is 10.1. The fourth-order valence-electron chi connectivity index (χ4n) is 2.31. The predicted molar refractivity (Wildman–Crippen MR) is 71.7 cm³/mol. The van der Waals surface area contributed by atoms with Gasteiger partial charge in [-0.15, -0.1) is 5.10 Å². The van der Waals surface area contributed by atoms with Crippen molar-refractivity contribution in [3.05, 3.63) is 11.9 Å². The van der Waals surface area contributed by atoms with Crippen molar-refractivity contribution in [2.75, 3.05) is 39.3 Å². The molecule has 1 aromatic rings. The van der Waals surface area contributed by atoms with Crippen molar-refractivity contribution in [2.45, 2.75) is 13.0 Å². The average Bonchev–Trinajstić information content (AvgIpc) is 2.76. The van der Waals surface area contributed by atoms with Gasteiger partial charge in [0.2, 0.25) is 0 Å². The largest absolute Gasteiger partial charge is 0.480 e. The molecule has 0 aromatic carbocycles. The lowest BCUT2D eigenvalue weighted by Gasteiger charge is -2.20. The number of amides is 1. The van der Waals surface area contributed by atoms with Gasteiger partial charge in [0.1, 0.15) is 6.54 Å². The number of carbonyl (C=O) groups is 2. The zero-order valence-corrected chi connectivity index (χ0v) is 11.7. The number of nitrogens with zero attached hydrogens (tertiary/aromatic N) is 5. The Bertz CT molecular complexity index is 504. The van der Waals surface area contributed by atoms with Crippen LogP contribution in [0, 0.1) is 0 Å². The third kappa shape index (κ3) is 4.23. The van der Waals surface area contributed by atoms with E-state index in [-0.39, 0.29) is 24.8 Å². The molecule has 1 amide bonds. The number of aliphatic carboxylic acids is 1. The maximum absolute atomic E-state index is 12.3. The molecular weight excluding hydrogens is 278 g/mol. The van der Waals surface area contributed by atoms with Crippen LogP contribution in [0.15, 0.2) is 6.20 Å². The molecule has 1 aliphatic heterocycles. The Hall–Kier alpha value is -2.00. The number of aliphatic hydroxyl groups excluding tert-OH is 1. The zero-order valence-electron chi connectivity index (χ0n) is 11.7. The van der Waals surface area contributed by atoms with Crippen LogP contribution in [0.4, 0.5) is 0 Å². The third-order valence-corrected chi connectivity index (χ3v) is 3.35. The molecule has 21 heavy (non-hydrogen) atoms. The molecule has 116 valence electrons. The van der Waals surface area contributed by atoms with Gasteiger partial charge in [-0.1, -0.05) is 5.21 Å². The van der Waals surface area contributed by atoms with Gasteiger partial charge in [-0.2, -0.15) is 0 Å². The Labute approximate surface area is 121 Å². The Morgan fingerprint density at radius 2 is 2.05 bits per heavy atom. The number of hydrogen-bond donors (Lipinski definition) is 2. The molecule has 2 rings (SSSR count). The second-order valence-corrected chi connectivity index (χ2v) is 4.91. The number of hydrogen-bond acceptors (Lipinski definition) is 6. The molecule has 0 aliphatic carbocycles. The van der Waals surface area contributed by atoms with Crippen LogP contribution in [0.25, 0.3) is 0 Å². The number of carboxylic acids is 1. The summed E-state index contributed by atoms with van der Waals surface area (Å²) in [5.74, 6) is -1.27. The molecule has 2 N–H and O–H groups in total. The zero-order chi connectivity index (χ0) is 15.2. The summed E-state index contributed by atoms with van der Waals surface area (Å²) in [5, 5.41) is 25.0. The summed E-state index contributed by atoms with van der Waals surface area (Å²) < 4.78 is 1.13. The minimum Gasteiger partial charge on any atom is -0.480 e. The van der Waals surface area contributed by atoms with Crippen LogP contribution >= 0.6 is 0 Å². The summed E-state index contributed by atoms with van der Waals surface area (Å²) in [6, 6.07) is 0. The number of β-amino-alcohol motifs (C(OH)–C–C–N with tert-alkyl or cyclic N) is 1. The average molecular weight is 297 g/mol. The maximum atomic E-state index is 12.3. The standard InChI is InChI=1S/C12H19N5O4/c18-7-6-15-2-1-3-16(5-4-15)12(21)10-8-17(14-13-10)9-11(19)20/h8,18H,1-7,9H2,(H,19,20). The fraction of sp³-hybridized carbons (Fsp3) is 0.667. The Morgan fingerprint density at radius 1 is 1.24 bits per heavy atom. The summed E-state index contributed by atoms with van der Waals surface area (Å²) in [6.45, 7) is 3.13. The van der Waals surface area contributed by atoms with E-state index < -0.39 is 5.97 Å². The first kappa shape index (κ1) is 15.4. The first-order valence-corrected chi connectivity index (χ1v) is 6.84.